The van der Waals surface area contributed by atoms with Crippen molar-refractivity contribution >= 4 is 11.7 Å². The number of aromatic nitrogens is 2. The lowest BCUT2D eigenvalue weighted by Crippen LogP contribution is -2.31. The molecule has 106 valence electrons. The molecule has 0 radical (unpaired) electrons. The van der Waals surface area contributed by atoms with E-state index in [2.05, 4.69) is 15.7 Å². The SMILES string of the molecule is Cc1cc(C)n(CCNC(=O)Nc2ccc(F)cc2)n1. The topological polar surface area (TPSA) is 59.0 Å². The van der Waals surface area contributed by atoms with Gasteiger partial charge in [0.15, 0.2) is 0 Å². The Hall–Kier alpha value is -2.37. The van der Waals surface area contributed by atoms with Gasteiger partial charge in [0.25, 0.3) is 0 Å². The molecule has 2 rings (SSSR count). The number of nitrogens with one attached hydrogen (secondary N) is 2. The van der Waals surface area contributed by atoms with Crippen molar-refractivity contribution in [1.82, 2.24) is 15.1 Å². The van der Waals surface area contributed by atoms with Crippen LogP contribution in [-0.4, -0.2) is 22.4 Å². The van der Waals surface area contributed by atoms with Crippen LogP contribution in [0.3, 0.4) is 0 Å². The molecule has 1 aromatic carbocycles. The largest absolute Gasteiger partial charge is 0.336 e. The summed E-state index contributed by atoms with van der Waals surface area (Å²) in [5, 5.41) is 9.66. The van der Waals surface area contributed by atoms with E-state index < -0.39 is 0 Å². The van der Waals surface area contributed by atoms with Crippen LogP contribution >= 0.6 is 0 Å². The molecule has 6 heteroatoms. The zero-order valence-corrected chi connectivity index (χ0v) is 11.5. The molecular formula is C14H17FN4O. The number of rotatable bonds is 4. The smallest absolute Gasteiger partial charge is 0.319 e. The second kappa shape index (κ2) is 6.18. The van der Waals surface area contributed by atoms with Crippen LogP contribution in [0, 0.1) is 19.7 Å². The third kappa shape index (κ3) is 3.81. The first-order valence-electron chi connectivity index (χ1n) is 6.36. The van der Waals surface area contributed by atoms with E-state index in [0.29, 0.717) is 18.8 Å². The summed E-state index contributed by atoms with van der Waals surface area (Å²) >= 11 is 0. The highest BCUT2D eigenvalue weighted by atomic mass is 19.1. The summed E-state index contributed by atoms with van der Waals surface area (Å²) in [6.07, 6.45) is 0. The Balaban J connectivity index is 1.78. The number of amides is 2. The van der Waals surface area contributed by atoms with Gasteiger partial charge in [-0.1, -0.05) is 0 Å². The van der Waals surface area contributed by atoms with Gasteiger partial charge in [-0.3, -0.25) is 4.68 Å². The maximum atomic E-state index is 12.7. The predicted octanol–water partition coefficient (Wildman–Crippen LogP) is 2.46. The lowest BCUT2D eigenvalue weighted by molar-refractivity contribution is 0.251. The lowest BCUT2D eigenvalue weighted by atomic mass is 10.3. The monoisotopic (exact) mass is 276 g/mol. The number of urea groups is 1. The normalized spacial score (nSPS) is 10.3. The molecule has 0 aliphatic carbocycles. The molecular weight excluding hydrogens is 259 g/mol. The van der Waals surface area contributed by atoms with E-state index in [9.17, 15) is 9.18 Å². The van der Waals surface area contributed by atoms with Gasteiger partial charge in [-0.15, -0.1) is 0 Å². The van der Waals surface area contributed by atoms with Gasteiger partial charge in [0.2, 0.25) is 0 Å². The number of hydrogen-bond donors (Lipinski definition) is 2. The summed E-state index contributed by atoms with van der Waals surface area (Å²) < 4.78 is 14.6. The number of aryl methyl sites for hydroxylation is 2. The third-order valence-corrected chi connectivity index (χ3v) is 2.81. The molecule has 2 N–H and O–H groups in total. The molecule has 0 saturated carbocycles. The van der Waals surface area contributed by atoms with Crippen LogP contribution in [0.1, 0.15) is 11.4 Å². The fourth-order valence-corrected chi connectivity index (χ4v) is 1.89. The first kappa shape index (κ1) is 14.0. The number of hydrogen-bond acceptors (Lipinski definition) is 2. The van der Waals surface area contributed by atoms with E-state index in [1.54, 1.807) is 0 Å². The minimum atomic E-state index is -0.333. The van der Waals surface area contributed by atoms with Crippen molar-refractivity contribution < 1.29 is 9.18 Å². The minimum Gasteiger partial charge on any atom is -0.336 e. The van der Waals surface area contributed by atoms with Crippen LogP contribution in [0.5, 0.6) is 0 Å². The van der Waals surface area contributed by atoms with E-state index in [4.69, 9.17) is 0 Å². The van der Waals surface area contributed by atoms with Crippen molar-refractivity contribution in [3.05, 3.63) is 47.5 Å². The number of carbonyl (C=O) groups is 1. The highest BCUT2D eigenvalue weighted by Gasteiger charge is 2.03. The van der Waals surface area contributed by atoms with Gasteiger partial charge in [-0.25, -0.2) is 9.18 Å². The highest BCUT2D eigenvalue weighted by Crippen LogP contribution is 2.07. The maximum Gasteiger partial charge on any atom is 0.319 e. The quantitative estimate of drug-likeness (QED) is 0.901. The number of nitrogens with zero attached hydrogens (tertiary/aromatic N) is 2. The molecule has 20 heavy (non-hydrogen) atoms. The Morgan fingerprint density at radius 3 is 2.60 bits per heavy atom. The van der Waals surface area contributed by atoms with E-state index >= 15 is 0 Å². The molecule has 2 amide bonds. The van der Waals surface area contributed by atoms with Crippen molar-refractivity contribution in [2.45, 2.75) is 20.4 Å². The predicted molar refractivity (Wildman–Crippen MR) is 75.1 cm³/mol. The summed E-state index contributed by atoms with van der Waals surface area (Å²) in [7, 11) is 0. The molecule has 0 saturated heterocycles. The van der Waals surface area contributed by atoms with Gasteiger partial charge in [0.1, 0.15) is 5.82 Å². The number of carbonyl (C=O) groups excluding carboxylic acids is 1. The minimum absolute atomic E-state index is 0.321. The Bertz CT molecular complexity index is 592. The zero-order chi connectivity index (χ0) is 14.5. The van der Waals surface area contributed by atoms with Crippen LogP contribution < -0.4 is 10.6 Å². The summed E-state index contributed by atoms with van der Waals surface area (Å²) in [6, 6.07) is 7.28. The second-order valence-corrected chi connectivity index (χ2v) is 4.54. The molecule has 2 aromatic rings. The first-order valence-corrected chi connectivity index (χ1v) is 6.36. The van der Waals surface area contributed by atoms with Crippen molar-refractivity contribution in [1.29, 1.82) is 0 Å². The average Bonchev–Trinajstić information content (AvgIpc) is 2.71. The van der Waals surface area contributed by atoms with Gasteiger partial charge in [-0.05, 0) is 44.2 Å². The van der Waals surface area contributed by atoms with Crippen LogP contribution in [0.15, 0.2) is 30.3 Å². The van der Waals surface area contributed by atoms with E-state index in [1.165, 1.54) is 24.3 Å². The maximum absolute atomic E-state index is 12.7. The number of halogens is 1. The van der Waals surface area contributed by atoms with Gasteiger partial charge in [0.05, 0.1) is 12.2 Å². The molecule has 0 atom stereocenters. The van der Waals surface area contributed by atoms with Gasteiger partial charge < -0.3 is 10.6 Å². The molecule has 0 fully saturated rings. The Morgan fingerprint density at radius 2 is 2.00 bits per heavy atom. The molecule has 0 bridgehead atoms. The van der Waals surface area contributed by atoms with Gasteiger partial charge >= 0.3 is 6.03 Å². The summed E-state index contributed by atoms with van der Waals surface area (Å²) in [4.78, 5) is 11.6. The Kier molecular flexibility index (Phi) is 4.34. The number of anilines is 1. The Labute approximate surface area is 116 Å². The standard InChI is InChI=1S/C14H17FN4O/c1-10-9-11(2)19(18-10)8-7-16-14(20)17-13-5-3-12(15)4-6-13/h3-6,9H,7-8H2,1-2H3,(H2,16,17,20). The van der Waals surface area contributed by atoms with Crippen molar-refractivity contribution in [3.8, 4) is 0 Å². The highest BCUT2D eigenvalue weighted by molar-refractivity contribution is 5.89. The molecule has 0 aliphatic heterocycles. The summed E-state index contributed by atoms with van der Waals surface area (Å²) in [6.45, 7) is 4.97. The molecule has 1 heterocycles. The zero-order valence-electron chi connectivity index (χ0n) is 11.5. The average molecular weight is 276 g/mol. The number of benzene rings is 1. The van der Waals surface area contributed by atoms with Crippen LogP contribution in [0.4, 0.5) is 14.9 Å². The van der Waals surface area contributed by atoms with Crippen molar-refractivity contribution in [2.75, 3.05) is 11.9 Å². The van der Waals surface area contributed by atoms with Crippen molar-refractivity contribution in [2.24, 2.45) is 0 Å². The molecule has 5 nitrogen and oxygen atoms in total. The van der Waals surface area contributed by atoms with Crippen LogP contribution in [0.2, 0.25) is 0 Å². The van der Waals surface area contributed by atoms with E-state index in [1.807, 2.05) is 24.6 Å². The second-order valence-electron chi connectivity index (χ2n) is 4.54. The molecule has 0 unspecified atom stereocenters. The van der Waals surface area contributed by atoms with E-state index in [-0.39, 0.29) is 11.8 Å². The molecule has 1 aromatic heterocycles. The fraction of sp³-hybridized carbons (Fsp3) is 0.286. The van der Waals surface area contributed by atoms with Crippen molar-refractivity contribution in [3.63, 3.8) is 0 Å². The lowest BCUT2D eigenvalue weighted by Gasteiger charge is -2.08. The third-order valence-electron chi connectivity index (χ3n) is 2.81. The van der Waals surface area contributed by atoms with Gasteiger partial charge in [0, 0.05) is 17.9 Å². The summed E-state index contributed by atoms with van der Waals surface area (Å²) in [5.41, 5.74) is 2.57. The molecule has 0 aliphatic rings. The van der Waals surface area contributed by atoms with Crippen LogP contribution in [-0.2, 0) is 6.54 Å². The first-order chi connectivity index (χ1) is 9.54. The molecule has 0 spiro atoms. The Morgan fingerprint density at radius 1 is 1.30 bits per heavy atom. The fourth-order valence-electron chi connectivity index (χ4n) is 1.89. The van der Waals surface area contributed by atoms with Gasteiger partial charge in [-0.2, -0.15) is 5.10 Å². The summed E-state index contributed by atoms with van der Waals surface area (Å²) in [5.74, 6) is -0.333. The van der Waals surface area contributed by atoms with Crippen LogP contribution in [0.25, 0.3) is 0 Å². The van der Waals surface area contributed by atoms with E-state index in [0.717, 1.165) is 11.4 Å².